The second kappa shape index (κ2) is 6.79. The normalized spacial score (nSPS) is 11.3. The van der Waals surface area contributed by atoms with E-state index in [-0.39, 0.29) is 0 Å². The van der Waals surface area contributed by atoms with Crippen molar-refractivity contribution in [3.63, 3.8) is 0 Å². The topological polar surface area (TPSA) is 9.23 Å². The summed E-state index contributed by atoms with van der Waals surface area (Å²) in [5.74, 6) is 0.737. The molecule has 0 aliphatic carbocycles. The minimum Gasteiger partial charge on any atom is -0.535 e. The van der Waals surface area contributed by atoms with Gasteiger partial charge in [0.1, 0.15) is 5.75 Å². The maximum atomic E-state index is 6.51. The second-order valence-corrected chi connectivity index (χ2v) is 9.68. The van der Waals surface area contributed by atoms with Gasteiger partial charge in [0.15, 0.2) is 0 Å². The minimum atomic E-state index is -2.38. The molecule has 0 aromatic heterocycles. The van der Waals surface area contributed by atoms with E-state index in [1.165, 1.54) is 10.4 Å². The standard InChI is InChI=1S/C19H16Cl2OSi/c1-23(16-8-4-2-5-9-16,17-10-6-3-7-11-17)22-15-12-13-18(20)19(21)14-15/h2-14H,1H3. The number of hydrogen-bond acceptors (Lipinski definition) is 1. The summed E-state index contributed by atoms with van der Waals surface area (Å²) in [7, 11) is -2.38. The van der Waals surface area contributed by atoms with Crippen LogP contribution in [0, 0.1) is 0 Å². The van der Waals surface area contributed by atoms with E-state index in [4.69, 9.17) is 27.6 Å². The molecule has 116 valence electrons. The van der Waals surface area contributed by atoms with Crippen LogP contribution in [-0.2, 0) is 0 Å². The summed E-state index contributed by atoms with van der Waals surface area (Å²) in [6.07, 6.45) is 0. The Kier molecular flexibility index (Phi) is 4.76. The van der Waals surface area contributed by atoms with Crippen molar-refractivity contribution in [1.82, 2.24) is 0 Å². The van der Waals surface area contributed by atoms with E-state index in [1.807, 2.05) is 42.5 Å². The van der Waals surface area contributed by atoms with Gasteiger partial charge in [0.25, 0.3) is 0 Å². The van der Waals surface area contributed by atoms with Crippen LogP contribution in [0.3, 0.4) is 0 Å². The summed E-state index contributed by atoms with van der Waals surface area (Å²) in [5, 5.41) is 3.44. The Hall–Kier alpha value is -1.74. The Bertz CT molecular complexity index is 751. The molecule has 3 aromatic rings. The van der Waals surface area contributed by atoms with Gasteiger partial charge in [0, 0.05) is 0 Å². The fourth-order valence-corrected chi connectivity index (χ4v) is 5.69. The Labute approximate surface area is 147 Å². The van der Waals surface area contributed by atoms with E-state index in [0.717, 1.165) is 5.75 Å². The van der Waals surface area contributed by atoms with Crippen LogP contribution in [-0.4, -0.2) is 8.32 Å². The summed E-state index contributed by atoms with van der Waals surface area (Å²) in [4.78, 5) is 0. The quantitative estimate of drug-likeness (QED) is 0.610. The first-order valence-corrected chi connectivity index (χ1v) is 10.5. The fourth-order valence-electron chi connectivity index (χ4n) is 2.57. The zero-order valence-electron chi connectivity index (χ0n) is 12.7. The Morgan fingerprint density at radius 3 is 1.70 bits per heavy atom. The average Bonchev–Trinajstić information content (AvgIpc) is 2.60. The summed E-state index contributed by atoms with van der Waals surface area (Å²) in [6.45, 7) is 2.19. The summed E-state index contributed by atoms with van der Waals surface area (Å²) in [6, 6.07) is 26.1. The molecule has 0 fully saturated rings. The van der Waals surface area contributed by atoms with Crippen molar-refractivity contribution in [3.05, 3.63) is 88.9 Å². The third-order valence-electron chi connectivity index (χ3n) is 3.86. The third kappa shape index (κ3) is 3.45. The molecule has 0 saturated carbocycles. The molecular formula is C19H16Cl2OSi. The van der Waals surface area contributed by atoms with Crippen molar-refractivity contribution >= 4 is 41.9 Å². The van der Waals surface area contributed by atoms with E-state index in [2.05, 4.69) is 30.8 Å². The SMILES string of the molecule is C[Si](Oc1ccc(Cl)c(Cl)c1)(c1ccccc1)c1ccccc1. The molecule has 0 N–H and O–H groups in total. The van der Waals surface area contributed by atoms with E-state index in [9.17, 15) is 0 Å². The molecule has 3 aromatic carbocycles. The van der Waals surface area contributed by atoms with Crippen LogP contribution in [0.25, 0.3) is 0 Å². The van der Waals surface area contributed by atoms with Crippen molar-refractivity contribution in [2.45, 2.75) is 6.55 Å². The van der Waals surface area contributed by atoms with Gasteiger partial charge in [-0.05, 0) is 35.1 Å². The van der Waals surface area contributed by atoms with Gasteiger partial charge in [-0.3, -0.25) is 0 Å². The van der Waals surface area contributed by atoms with E-state index >= 15 is 0 Å². The molecule has 0 aliphatic heterocycles. The number of benzene rings is 3. The van der Waals surface area contributed by atoms with Crippen molar-refractivity contribution in [3.8, 4) is 5.75 Å². The lowest BCUT2D eigenvalue weighted by molar-refractivity contribution is 0.571. The highest BCUT2D eigenvalue weighted by molar-refractivity contribution is 6.97. The van der Waals surface area contributed by atoms with Gasteiger partial charge in [-0.2, -0.15) is 0 Å². The molecule has 1 nitrogen and oxygen atoms in total. The molecule has 23 heavy (non-hydrogen) atoms. The van der Waals surface area contributed by atoms with E-state index in [1.54, 1.807) is 12.1 Å². The fraction of sp³-hybridized carbons (Fsp3) is 0.0526. The van der Waals surface area contributed by atoms with E-state index < -0.39 is 8.32 Å². The number of halogens is 2. The lowest BCUT2D eigenvalue weighted by Crippen LogP contribution is -2.60. The van der Waals surface area contributed by atoms with Crippen LogP contribution in [0.4, 0.5) is 0 Å². The van der Waals surface area contributed by atoms with Crippen LogP contribution in [0.2, 0.25) is 16.6 Å². The van der Waals surface area contributed by atoms with Crippen molar-refractivity contribution < 1.29 is 4.43 Å². The molecule has 0 aliphatic rings. The molecule has 3 rings (SSSR count). The van der Waals surface area contributed by atoms with Gasteiger partial charge in [-0.25, -0.2) is 0 Å². The third-order valence-corrected chi connectivity index (χ3v) is 8.12. The molecule has 0 radical (unpaired) electrons. The first-order valence-electron chi connectivity index (χ1n) is 7.35. The Balaban J connectivity index is 2.07. The highest BCUT2D eigenvalue weighted by atomic mass is 35.5. The lowest BCUT2D eigenvalue weighted by atomic mass is 10.3. The maximum Gasteiger partial charge on any atom is 0.311 e. The zero-order valence-corrected chi connectivity index (χ0v) is 15.2. The molecule has 0 unspecified atom stereocenters. The first kappa shape index (κ1) is 16.1. The predicted octanol–water partition coefficient (Wildman–Crippen LogP) is 4.76. The zero-order chi connectivity index (χ0) is 16.3. The molecule has 0 heterocycles. The largest absolute Gasteiger partial charge is 0.535 e. The average molecular weight is 359 g/mol. The molecule has 0 amide bonds. The lowest BCUT2D eigenvalue weighted by Gasteiger charge is -2.29. The number of rotatable bonds is 4. The monoisotopic (exact) mass is 358 g/mol. The van der Waals surface area contributed by atoms with Gasteiger partial charge in [0.2, 0.25) is 0 Å². The summed E-state index contributed by atoms with van der Waals surface area (Å²) in [5.41, 5.74) is 0. The summed E-state index contributed by atoms with van der Waals surface area (Å²) >= 11 is 12.1. The van der Waals surface area contributed by atoms with Gasteiger partial charge in [-0.15, -0.1) is 0 Å². The smallest absolute Gasteiger partial charge is 0.311 e. The van der Waals surface area contributed by atoms with Crippen LogP contribution >= 0.6 is 23.2 Å². The molecule has 0 spiro atoms. The van der Waals surface area contributed by atoms with Crippen LogP contribution < -0.4 is 14.8 Å². The van der Waals surface area contributed by atoms with Crippen LogP contribution in [0.5, 0.6) is 5.75 Å². The predicted molar refractivity (Wildman–Crippen MR) is 101 cm³/mol. The van der Waals surface area contributed by atoms with Crippen LogP contribution in [0.15, 0.2) is 78.9 Å². The van der Waals surface area contributed by atoms with Gasteiger partial charge in [0.05, 0.1) is 10.0 Å². The van der Waals surface area contributed by atoms with Gasteiger partial charge >= 0.3 is 8.32 Å². The Morgan fingerprint density at radius 2 is 1.22 bits per heavy atom. The molecule has 0 atom stereocenters. The molecule has 0 bridgehead atoms. The first-order chi connectivity index (χ1) is 11.1. The molecule has 0 saturated heterocycles. The van der Waals surface area contributed by atoms with Gasteiger partial charge in [-0.1, -0.05) is 83.9 Å². The maximum absolute atomic E-state index is 6.51. The molecule has 4 heteroatoms. The number of hydrogen-bond donors (Lipinski definition) is 0. The van der Waals surface area contributed by atoms with Crippen molar-refractivity contribution in [2.75, 3.05) is 0 Å². The minimum absolute atomic E-state index is 0.502. The summed E-state index contributed by atoms with van der Waals surface area (Å²) < 4.78 is 6.51. The highest BCUT2D eigenvalue weighted by Gasteiger charge is 2.36. The van der Waals surface area contributed by atoms with Crippen LogP contribution in [0.1, 0.15) is 0 Å². The highest BCUT2D eigenvalue weighted by Crippen LogP contribution is 2.27. The molecular weight excluding hydrogens is 343 g/mol. The van der Waals surface area contributed by atoms with Crippen molar-refractivity contribution in [1.29, 1.82) is 0 Å². The van der Waals surface area contributed by atoms with Crippen molar-refractivity contribution in [2.24, 2.45) is 0 Å². The second-order valence-electron chi connectivity index (χ2n) is 5.44. The van der Waals surface area contributed by atoms with Gasteiger partial charge < -0.3 is 4.43 Å². The Morgan fingerprint density at radius 1 is 0.696 bits per heavy atom. The van der Waals surface area contributed by atoms with E-state index in [0.29, 0.717) is 10.0 Å².